The van der Waals surface area contributed by atoms with E-state index in [1.54, 1.807) is 0 Å². The number of aryl methyl sites for hydroxylation is 1. The molecule has 0 radical (unpaired) electrons. The maximum Gasteiger partial charge on any atom is 0.227 e. The number of hydrogen-bond donors (Lipinski definition) is 2. The van der Waals surface area contributed by atoms with Gasteiger partial charge in [-0.2, -0.15) is 0 Å². The van der Waals surface area contributed by atoms with Crippen molar-refractivity contribution in [2.45, 2.75) is 33.1 Å². The number of amides is 2. The van der Waals surface area contributed by atoms with Crippen molar-refractivity contribution in [3.63, 3.8) is 0 Å². The molecule has 0 saturated heterocycles. The Bertz CT molecular complexity index is 479. The van der Waals surface area contributed by atoms with Gasteiger partial charge in [0.25, 0.3) is 0 Å². The van der Waals surface area contributed by atoms with Gasteiger partial charge in [0, 0.05) is 23.7 Å². The van der Waals surface area contributed by atoms with Crippen LogP contribution < -0.4 is 10.6 Å². The van der Waals surface area contributed by atoms with Crippen molar-refractivity contribution in [2.24, 2.45) is 5.92 Å². The molecule has 2 rings (SSSR count). The van der Waals surface area contributed by atoms with Crippen molar-refractivity contribution in [1.82, 2.24) is 0 Å². The normalized spacial score (nSPS) is 14.1. The van der Waals surface area contributed by atoms with Crippen molar-refractivity contribution < 1.29 is 9.59 Å². The molecule has 2 amide bonds. The fourth-order valence-electron chi connectivity index (χ4n) is 1.66. The topological polar surface area (TPSA) is 58.2 Å². The number of anilines is 2. The molecule has 2 N–H and O–H groups in total. The van der Waals surface area contributed by atoms with Crippen molar-refractivity contribution in [3.8, 4) is 0 Å². The zero-order valence-corrected chi connectivity index (χ0v) is 10.7. The molecule has 0 spiro atoms. The van der Waals surface area contributed by atoms with Crippen molar-refractivity contribution in [2.75, 3.05) is 10.6 Å². The Labute approximate surface area is 107 Å². The van der Waals surface area contributed by atoms with Crippen LogP contribution in [-0.2, 0) is 9.59 Å². The van der Waals surface area contributed by atoms with Gasteiger partial charge in [-0.15, -0.1) is 0 Å². The smallest absolute Gasteiger partial charge is 0.227 e. The Morgan fingerprint density at radius 2 is 2.00 bits per heavy atom. The maximum absolute atomic E-state index is 11.7. The van der Waals surface area contributed by atoms with Crippen LogP contribution in [0.5, 0.6) is 0 Å². The number of rotatable bonds is 4. The van der Waals surface area contributed by atoms with E-state index in [9.17, 15) is 9.59 Å². The first kappa shape index (κ1) is 12.6. The van der Waals surface area contributed by atoms with Gasteiger partial charge in [-0.25, -0.2) is 0 Å². The molecule has 0 atom stereocenters. The average Bonchev–Trinajstić information content (AvgIpc) is 3.17. The van der Waals surface area contributed by atoms with Gasteiger partial charge in [-0.3, -0.25) is 9.59 Å². The molecule has 1 aromatic carbocycles. The monoisotopic (exact) mass is 246 g/mol. The highest BCUT2D eigenvalue weighted by atomic mass is 16.2. The molecule has 1 saturated carbocycles. The molecular formula is C14H18N2O2. The number of carbonyl (C=O) groups is 2. The molecule has 0 bridgehead atoms. The lowest BCUT2D eigenvalue weighted by molar-refractivity contribution is -0.117. The predicted octanol–water partition coefficient (Wildman–Crippen LogP) is 2.69. The van der Waals surface area contributed by atoms with E-state index in [1.165, 1.54) is 0 Å². The van der Waals surface area contributed by atoms with Gasteiger partial charge in [-0.05, 0) is 37.5 Å². The minimum Gasteiger partial charge on any atom is -0.326 e. The van der Waals surface area contributed by atoms with Gasteiger partial charge in [0.2, 0.25) is 11.8 Å². The van der Waals surface area contributed by atoms with Crippen molar-refractivity contribution >= 4 is 23.2 Å². The third-order valence-corrected chi connectivity index (χ3v) is 3.05. The molecule has 96 valence electrons. The first-order chi connectivity index (χ1) is 8.60. The second-order valence-corrected chi connectivity index (χ2v) is 4.69. The van der Waals surface area contributed by atoms with Gasteiger partial charge < -0.3 is 10.6 Å². The predicted molar refractivity (Wildman–Crippen MR) is 71.5 cm³/mol. The largest absolute Gasteiger partial charge is 0.326 e. The molecule has 4 nitrogen and oxygen atoms in total. The summed E-state index contributed by atoms with van der Waals surface area (Å²) in [7, 11) is 0. The van der Waals surface area contributed by atoms with Crippen molar-refractivity contribution in [1.29, 1.82) is 0 Å². The Morgan fingerprint density at radius 3 is 2.61 bits per heavy atom. The van der Waals surface area contributed by atoms with Crippen LogP contribution in [0.3, 0.4) is 0 Å². The zero-order valence-electron chi connectivity index (χ0n) is 10.7. The van der Waals surface area contributed by atoms with Crippen LogP contribution in [0.1, 0.15) is 31.7 Å². The summed E-state index contributed by atoms with van der Waals surface area (Å²) in [6.45, 7) is 3.74. The summed E-state index contributed by atoms with van der Waals surface area (Å²) in [5.41, 5.74) is 2.49. The molecule has 0 heterocycles. The third-order valence-electron chi connectivity index (χ3n) is 3.05. The van der Waals surface area contributed by atoms with E-state index in [1.807, 2.05) is 32.0 Å². The number of hydrogen-bond acceptors (Lipinski definition) is 2. The van der Waals surface area contributed by atoms with Gasteiger partial charge >= 0.3 is 0 Å². The van der Waals surface area contributed by atoms with Gasteiger partial charge in [-0.1, -0.05) is 13.0 Å². The summed E-state index contributed by atoms with van der Waals surface area (Å²) in [4.78, 5) is 23.0. The molecule has 0 aliphatic heterocycles. The van der Waals surface area contributed by atoms with Crippen LogP contribution in [0.15, 0.2) is 18.2 Å². The SMILES string of the molecule is CCC(=O)Nc1cc(NC(=O)C2CC2)ccc1C. The van der Waals surface area contributed by atoms with Crippen LogP contribution in [0.4, 0.5) is 11.4 Å². The highest BCUT2D eigenvalue weighted by Crippen LogP contribution is 2.30. The van der Waals surface area contributed by atoms with E-state index >= 15 is 0 Å². The molecule has 1 aliphatic rings. The van der Waals surface area contributed by atoms with E-state index in [0.717, 1.165) is 29.8 Å². The molecule has 18 heavy (non-hydrogen) atoms. The van der Waals surface area contributed by atoms with E-state index in [4.69, 9.17) is 0 Å². The van der Waals surface area contributed by atoms with E-state index in [0.29, 0.717) is 6.42 Å². The summed E-state index contributed by atoms with van der Waals surface area (Å²) >= 11 is 0. The number of carbonyl (C=O) groups excluding carboxylic acids is 2. The van der Waals surface area contributed by atoms with Gasteiger partial charge in [0.15, 0.2) is 0 Å². The minimum absolute atomic E-state index is 0.0243. The summed E-state index contributed by atoms with van der Waals surface area (Å²) in [5.74, 6) is 0.232. The molecule has 1 aliphatic carbocycles. The first-order valence-electron chi connectivity index (χ1n) is 6.31. The standard InChI is InChI=1S/C14H18N2O2/c1-3-13(17)16-12-8-11(7-4-9(12)2)15-14(18)10-5-6-10/h4,7-8,10H,3,5-6H2,1-2H3,(H,15,18)(H,16,17). The highest BCUT2D eigenvalue weighted by Gasteiger charge is 2.29. The van der Waals surface area contributed by atoms with Gasteiger partial charge in [0.05, 0.1) is 0 Å². The molecule has 0 unspecified atom stereocenters. The quantitative estimate of drug-likeness (QED) is 0.858. The molecular weight excluding hydrogens is 228 g/mol. The van der Waals surface area contributed by atoms with Crippen LogP contribution in [0.25, 0.3) is 0 Å². The lowest BCUT2D eigenvalue weighted by Crippen LogP contribution is -2.14. The minimum atomic E-state index is -0.0243. The Hall–Kier alpha value is -1.84. The Balaban J connectivity index is 2.09. The summed E-state index contributed by atoms with van der Waals surface area (Å²) in [6, 6.07) is 5.56. The molecule has 0 aromatic heterocycles. The van der Waals surface area contributed by atoms with Crippen LogP contribution in [-0.4, -0.2) is 11.8 Å². The van der Waals surface area contributed by atoms with Gasteiger partial charge in [0.1, 0.15) is 0 Å². The van der Waals surface area contributed by atoms with E-state index in [-0.39, 0.29) is 17.7 Å². The molecule has 1 fully saturated rings. The maximum atomic E-state index is 11.7. The van der Waals surface area contributed by atoms with Crippen LogP contribution in [0.2, 0.25) is 0 Å². The fourth-order valence-corrected chi connectivity index (χ4v) is 1.66. The lowest BCUT2D eigenvalue weighted by atomic mass is 10.1. The number of nitrogens with one attached hydrogen (secondary N) is 2. The van der Waals surface area contributed by atoms with E-state index in [2.05, 4.69) is 10.6 Å². The second-order valence-electron chi connectivity index (χ2n) is 4.69. The summed E-state index contributed by atoms with van der Waals surface area (Å²) < 4.78 is 0. The average molecular weight is 246 g/mol. The molecule has 4 heteroatoms. The first-order valence-corrected chi connectivity index (χ1v) is 6.31. The zero-order chi connectivity index (χ0) is 13.1. The molecule has 1 aromatic rings. The fraction of sp³-hybridized carbons (Fsp3) is 0.429. The third kappa shape index (κ3) is 3.09. The number of benzene rings is 1. The Kier molecular flexibility index (Phi) is 3.65. The lowest BCUT2D eigenvalue weighted by Gasteiger charge is -2.11. The van der Waals surface area contributed by atoms with E-state index < -0.39 is 0 Å². The Morgan fingerprint density at radius 1 is 1.28 bits per heavy atom. The van der Waals surface area contributed by atoms with Crippen LogP contribution in [0, 0.1) is 12.8 Å². The second kappa shape index (κ2) is 5.21. The summed E-state index contributed by atoms with van der Waals surface area (Å²) in [5, 5.41) is 5.70. The highest BCUT2D eigenvalue weighted by molar-refractivity contribution is 5.96. The summed E-state index contributed by atoms with van der Waals surface area (Å²) in [6.07, 6.45) is 2.41. The van der Waals surface area contributed by atoms with Crippen LogP contribution >= 0.6 is 0 Å². The van der Waals surface area contributed by atoms with Crippen molar-refractivity contribution in [3.05, 3.63) is 23.8 Å².